The number of hydrogen-bond acceptors (Lipinski definition) is 3. The summed E-state index contributed by atoms with van der Waals surface area (Å²) in [5.41, 5.74) is 2.27. The summed E-state index contributed by atoms with van der Waals surface area (Å²) in [6, 6.07) is 8.03. The van der Waals surface area contributed by atoms with Crippen LogP contribution in [0.4, 0.5) is 0 Å². The fourth-order valence-corrected chi connectivity index (χ4v) is 2.84. The van der Waals surface area contributed by atoms with Crippen LogP contribution in [0.1, 0.15) is 24.1 Å². The Bertz CT molecular complexity index is 473. The molecule has 0 aromatic heterocycles. The van der Waals surface area contributed by atoms with Gasteiger partial charge in [-0.3, -0.25) is 9.59 Å². The second kappa shape index (κ2) is 6.10. The van der Waals surface area contributed by atoms with Gasteiger partial charge in [0.15, 0.2) is 0 Å². The summed E-state index contributed by atoms with van der Waals surface area (Å²) in [5, 5.41) is 2.92. The van der Waals surface area contributed by atoms with E-state index in [0.29, 0.717) is 11.6 Å². The molecule has 0 bridgehead atoms. The zero-order valence-electron chi connectivity index (χ0n) is 11.2. The third-order valence-electron chi connectivity index (χ3n) is 3.11. The van der Waals surface area contributed by atoms with Crippen LogP contribution < -0.4 is 5.32 Å². The Morgan fingerprint density at radius 2 is 2.11 bits per heavy atom. The second-order valence-corrected chi connectivity index (χ2v) is 5.72. The van der Waals surface area contributed by atoms with Gasteiger partial charge in [-0.25, -0.2) is 0 Å². The molecule has 4 nitrogen and oxygen atoms in total. The molecule has 1 aliphatic heterocycles. The Morgan fingerprint density at radius 1 is 1.42 bits per heavy atom. The summed E-state index contributed by atoms with van der Waals surface area (Å²) < 4.78 is 0. The molecule has 1 N–H and O–H groups in total. The fourth-order valence-electron chi connectivity index (χ4n) is 1.94. The first-order chi connectivity index (χ1) is 9.06. The van der Waals surface area contributed by atoms with Gasteiger partial charge in [0.2, 0.25) is 11.8 Å². The van der Waals surface area contributed by atoms with Crippen molar-refractivity contribution in [3.8, 4) is 0 Å². The van der Waals surface area contributed by atoms with E-state index in [1.165, 1.54) is 5.56 Å². The SMILES string of the molecule is Cc1ccc(C(C)NC(=O)CN2CSCC2=O)cc1. The Hall–Kier alpha value is -1.49. The molecule has 0 saturated carbocycles. The van der Waals surface area contributed by atoms with Gasteiger partial charge in [0, 0.05) is 0 Å². The van der Waals surface area contributed by atoms with Gasteiger partial charge in [0.25, 0.3) is 0 Å². The number of rotatable bonds is 4. The van der Waals surface area contributed by atoms with E-state index in [0.717, 1.165) is 5.56 Å². The molecule has 1 unspecified atom stereocenters. The van der Waals surface area contributed by atoms with Gasteiger partial charge in [0.1, 0.15) is 6.54 Å². The van der Waals surface area contributed by atoms with Crippen molar-refractivity contribution in [1.29, 1.82) is 0 Å². The van der Waals surface area contributed by atoms with Crippen molar-refractivity contribution < 1.29 is 9.59 Å². The fraction of sp³-hybridized carbons (Fsp3) is 0.429. The molecular weight excluding hydrogens is 260 g/mol. The van der Waals surface area contributed by atoms with Gasteiger partial charge < -0.3 is 10.2 Å². The van der Waals surface area contributed by atoms with Crippen LogP contribution in [0.5, 0.6) is 0 Å². The summed E-state index contributed by atoms with van der Waals surface area (Å²) in [6.07, 6.45) is 0. The van der Waals surface area contributed by atoms with Gasteiger partial charge in [-0.2, -0.15) is 0 Å². The van der Waals surface area contributed by atoms with Gasteiger partial charge in [-0.15, -0.1) is 11.8 Å². The Balaban J connectivity index is 1.87. The van der Waals surface area contributed by atoms with E-state index in [-0.39, 0.29) is 24.4 Å². The maximum absolute atomic E-state index is 11.9. The van der Waals surface area contributed by atoms with Crippen LogP contribution in [-0.2, 0) is 9.59 Å². The van der Waals surface area contributed by atoms with E-state index >= 15 is 0 Å². The largest absolute Gasteiger partial charge is 0.348 e. The molecule has 102 valence electrons. The van der Waals surface area contributed by atoms with Crippen molar-refractivity contribution >= 4 is 23.6 Å². The van der Waals surface area contributed by atoms with E-state index in [9.17, 15) is 9.59 Å². The number of benzene rings is 1. The molecule has 1 fully saturated rings. The Morgan fingerprint density at radius 3 is 2.68 bits per heavy atom. The predicted molar refractivity (Wildman–Crippen MR) is 76.8 cm³/mol. The first kappa shape index (κ1) is 13.9. The maximum Gasteiger partial charge on any atom is 0.240 e. The molecule has 1 aromatic carbocycles. The normalized spacial score (nSPS) is 16.5. The van der Waals surface area contributed by atoms with Crippen LogP contribution in [0.3, 0.4) is 0 Å². The van der Waals surface area contributed by atoms with Crippen molar-refractivity contribution in [2.75, 3.05) is 18.2 Å². The Labute approximate surface area is 117 Å². The van der Waals surface area contributed by atoms with E-state index in [1.807, 2.05) is 38.1 Å². The molecular formula is C14H18N2O2S. The van der Waals surface area contributed by atoms with Crippen molar-refractivity contribution in [1.82, 2.24) is 10.2 Å². The van der Waals surface area contributed by atoms with Crippen LogP contribution >= 0.6 is 11.8 Å². The highest BCUT2D eigenvalue weighted by molar-refractivity contribution is 8.00. The number of aryl methyl sites for hydroxylation is 1. The summed E-state index contributed by atoms with van der Waals surface area (Å²) >= 11 is 1.55. The highest BCUT2D eigenvalue weighted by Gasteiger charge is 2.23. The number of nitrogens with one attached hydrogen (secondary N) is 1. The van der Waals surface area contributed by atoms with Gasteiger partial charge in [-0.1, -0.05) is 29.8 Å². The number of amides is 2. The first-order valence-electron chi connectivity index (χ1n) is 6.27. The standard InChI is InChI=1S/C14H18N2O2S/c1-10-3-5-12(6-4-10)11(2)15-13(17)7-16-9-19-8-14(16)18/h3-6,11H,7-9H2,1-2H3,(H,15,17). The van der Waals surface area contributed by atoms with Gasteiger partial charge in [0.05, 0.1) is 17.7 Å². The molecule has 1 saturated heterocycles. The smallest absolute Gasteiger partial charge is 0.240 e. The highest BCUT2D eigenvalue weighted by atomic mass is 32.2. The van der Waals surface area contributed by atoms with Crippen LogP contribution in [0.2, 0.25) is 0 Å². The molecule has 1 aromatic rings. The molecule has 19 heavy (non-hydrogen) atoms. The van der Waals surface area contributed by atoms with Crippen molar-refractivity contribution in [2.45, 2.75) is 19.9 Å². The Kier molecular flexibility index (Phi) is 4.47. The highest BCUT2D eigenvalue weighted by Crippen LogP contribution is 2.15. The van der Waals surface area contributed by atoms with Crippen molar-refractivity contribution in [3.05, 3.63) is 35.4 Å². The topological polar surface area (TPSA) is 49.4 Å². The van der Waals surface area contributed by atoms with Gasteiger partial charge in [-0.05, 0) is 19.4 Å². The second-order valence-electron chi connectivity index (χ2n) is 4.77. The number of hydrogen-bond donors (Lipinski definition) is 1. The lowest BCUT2D eigenvalue weighted by molar-refractivity contribution is -0.132. The minimum Gasteiger partial charge on any atom is -0.348 e. The predicted octanol–water partition coefficient (Wildman–Crippen LogP) is 1.71. The lowest BCUT2D eigenvalue weighted by Crippen LogP contribution is -2.39. The van der Waals surface area contributed by atoms with E-state index in [2.05, 4.69) is 5.32 Å². The number of carbonyl (C=O) groups is 2. The van der Waals surface area contributed by atoms with Crippen molar-refractivity contribution in [2.24, 2.45) is 0 Å². The van der Waals surface area contributed by atoms with Crippen molar-refractivity contribution in [3.63, 3.8) is 0 Å². The molecule has 5 heteroatoms. The number of thioether (sulfide) groups is 1. The lowest BCUT2D eigenvalue weighted by atomic mass is 10.1. The van der Waals surface area contributed by atoms with E-state index < -0.39 is 0 Å². The van der Waals surface area contributed by atoms with E-state index in [1.54, 1.807) is 16.7 Å². The van der Waals surface area contributed by atoms with Crippen LogP contribution in [0, 0.1) is 6.92 Å². The molecule has 1 aliphatic rings. The summed E-state index contributed by atoms with van der Waals surface area (Å²) in [6.45, 7) is 4.13. The summed E-state index contributed by atoms with van der Waals surface area (Å²) in [7, 11) is 0. The number of carbonyl (C=O) groups excluding carboxylic acids is 2. The molecule has 0 spiro atoms. The first-order valence-corrected chi connectivity index (χ1v) is 7.43. The molecule has 1 heterocycles. The van der Waals surface area contributed by atoms with Gasteiger partial charge >= 0.3 is 0 Å². The summed E-state index contributed by atoms with van der Waals surface area (Å²) in [5.74, 6) is 1.04. The lowest BCUT2D eigenvalue weighted by Gasteiger charge is -2.18. The quantitative estimate of drug-likeness (QED) is 0.912. The molecule has 0 radical (unpaired) electrons. The minimum atomic E-state index is -0.107. The summed E-state index contributed by atoms with van der Waals surface area (Å²) in [4.78, 5) is 24.9. The molecule has 2 rings (SSSR count). The molecule has 2 amide bonds. The average molecular weight is 278 g/mol. The zero-order valence-corrected chi connectivity index (χ0v) is 12.0. The third-order valence-corrected chi connectivity index (χ3v) is 4.06. The third kappa shape index (κ3) is 3.73. The van der Waals surface area contributed by atoms with Crippen LogP contribution in [-0.4, -0.2) is 34.9 Å². The molecule has 0 aliphatic carbocycles. The van der Waals surface area contributed by atoms with E-state index in [4.69, 9.17) is 0 Å². The maximum atomic E-state index is 11.9. The molecule has 1 atom stereocenters. The number of nitrogens with zero attached hydrogens (tertiary/aromatic N) is 1. The zero-order chi connectivity index (χ0) is 13.8. The van der Waals surface area contributed by atoms with Crippen LogP contribution in [0.15, 0.2) is 24.3 Å². The average Bonchev–Trinajstić information content (AvgIpc) is 2.75. The van der Waals surface area contributed by atoms with Crippen LogP contribution in [0.25, 0.3) is 0 Å². The monoisotopic (exact) mass is 278 g/mol. The minimum absolute atomic E-state index is 0.0431.